The lowest BCUT2D eigenvalue weighted by molar-refractivity contribution is -0.169. The van der Waals surface area contributed by atoms with Gasteiger partial charge in [-0.1, -0.05) is 0 Å². The molecule has 2 saturated heterocycles. The van der Waals surface area contributed by atoms with E-state index in [1.807, 2.05) is 4.90 Å². The van der Waals surface area contributed by atoms with Crippen LogP contribution < -0.4 is 4.90 Å². The highest BCUT2D eigenvalue weighted by Crippen LogP contribution is 2.35. The minimum absolute atomic E-state index is 0.482. The van der Waals surface area contributed by atoms with Crippen molar-refractivity contribution in [3.05, 3.63) is 23.5 Å². The summed E-state index contributed by atoms with van der Waals surface area (Å²) in [5.74, 6) is -0.482. The summed E-state index contributed by atoms with van der Waals surface area (Å²) in [6.07, 6.45) is -1.66. The first-order chi connectivity index (χ1) is 9.90. The minimum Gasteiger partial charge on any atom is -0.370 e. The van der Waals surface area contributed by atoms with Gasteiger partial charge < -0.3 is 14.4 Å². The number of rotatable bonds is 1. The van der Waals surface area contributed by atoms with Crippen LogP contribution in [0, 0.1) is 6.92 Å². The minimum atomic E-state index is -4.40. The van der Waals surface area contributed by atoms with Gasteiger partial charge in [0, 0.05) is 25.9 Å². The highest BCUT2D eigenvalue weighted by atomic mass is 19.4. The Balaban J connectivity index is 1.73. The number of alkyl halides is 3. The van der Waals surface area contributed by atoms with Crippen molar-refractivity contribution in [3.63, 3.8) is 0 Å². The van der Waals surface area contributed by atoms with Crippen LogP contribution in [0.3, 0.4) is 0 Å². The number of ether oxygens (including phenoxy) is 2. The highest BCUT2D eigenvalue weighted by Gasteiger charge is 2.40. The van der Waals surface area contributed by atoms with Crippen LogP contribution in [0.25, 0.3) is 0 Å². The lowest BCUT2D eigenvalue weighted by atomic mass is 10.0. The zero-order chi connectivity index (χ0) is 15.1. The lowest BCUT2D eigenvalue weighted by Crippen LogP contribution is -2.45. The first-order valence-electron chi connectivity index (χ1n) is 6.96. The Labute approximate surface area is 120 Å². The van der Waals surface area contributed by atoms with Gasteiger partial charge in [-0.25, -0.2) is 4.98 Å². The molecular formula is C14H17F3N2O2. The van der Waals surface area contributed by atoms with Crippen molar-refractivity contribution in [3.8, 4) is 0 Å². The van der Waals surface area contributed by atoms with Crippen LogP contribution in [0.2, 0.25) is 0 Å². The van der Waals surface area contributed by atoms with Gasteiger partial charge in [0.15, 0.2) is 5.79 Å². The predicted octanol–water partition coefficient (Wildman–Crippen LogP) is 2.75. The second-order valence-corrected chi connectivity index (χ2v) is 5.45. The summed E-state index contributed by atoms with van der Waals surface area (Å²) in [5, 5.41) is 0. The van der Waals surface area contributed by atoms with Crippen molar-refractivity contribution in [1.29, 1.82) is 0 Å². The number of hydrogen-bond donors (Lipinski definition) is 0. The maximum atomic E-state index is 12.6. The molecule has 0 N–H and O–H groups in total. The van der Waals surface area contributed by atoms with Gasteiger partial charge in [-0.3, -0.25) is 0 Å². The van der Waals surface area contributed by atoms with E-state index in [1.165, 1.54) is 6.20 Å². The van der Waals surface area contributed by atoms with Crippen LogP contribution in [-0.2, 0) is 15.7 Å². The van der Waals surface area contributed by atoms with Crippen LogP contribution in [0.5, 0.6) is 0 Å². The average molecular weight is 302 g/mol. The van der Waals surface area contributed by atoms with E-state index < -0.39 is 17.7 Å². The summed E-state index contributed by atoms with van der Waals surface area (Å²) in [6.45, 7) is 4.28. The SMILES string of the molecule is Cc1cc(C(F)(F)F)ncc1N1CCC2(CC1)OCCO2. The Morgan fingerprint density at radius 1 is 1.19 bits per heavy atom. The lowest BCUT2D eigenvalue weighted by Gasteiger charge is -2.39. The maximum Gasteiger partial charge on any atom is 0.433 e. The zero-order valence-electron chi connectivity index (χ0n) is 11.7. The molecule has 4 nitrogen and oxygen atoms in total. The van der Waals surface area contributed by atoms with Gasteiger partial charge in [-0.05, 0) is 18.6 Å². The Hall–Kier alpha value is -1.34. The van der Waals surface area contributed by atoms with E-state index in [4.69, 9.17) is 9.47 Å². The molecule has 0 unspecified atom stereocenters. The van der Waals surface area contributed by atoms with Crippen LogP contribution in [-0.4, -0.2) is 37.1 Å². The van der Waals surface area contributed by atoms with Crippen LogP contribution in [0.15, 0.2) is 12.3 Å². The zero-order valence-corrected chi connectivity index (χ0v) is 11.7. The molecule has 2 fully saturated rings. The Bertz CT molecular complexity index is 517. The van der Waals surface area contributed by atoms with E-state index in [9.17, 15) is 13.2 Å². The normalized spacial score (nSPS) is 22.0. The summed E-state index contributed by atoms with van der Waals surface area (Å²) in [7, 11) is 0. The molecular weight excluding hydrogens is 285 g/mol. The molecule has 0 bridgehead atoms. The molecule has 0 saturated carbocycles. The summed E-state index contributed by atoms with van der Waals surface area (Å²) in [5.41, 5.74) is 0.483. The van der Waals surface area contributed by atoms with Crippen molar-refractivity contribution < 1.29 is 22.6 Å². The molecule has 116 valence electrons. The molecule has 3 rings (SSSR count). The summed E-state index contributed by atoms with van der Waals surface area (Å²) < 4.78 is 49.2. The molecule has 1 spiro atoms. The molecule has 0 aromatic carbocycles. The van der Waals surface area contributed by atoms with Gasteiger partial charge in [0.1, 0.15) is 5.69 Å². The molecule has 1 aromatic rings. The Kier molecular flexibility index (Phi) is 3.57. The third kappa shape index (κ3) is 2.85. The van der Waals surface area contributed by atoms with Crippen molar-refractivity contribution >= 4 is 5.69 Å². The standard InChI is InChI=1S/C14H17F3N2O2/c1-10-8-12(14(15,16)17)18-9-11(10)19-4-2-13(3-5-19)20-6-7-21-13/h8-9H,2-7H2,1H3. The summed E-state index contributed by atoms with van der Waals surface area (Å²) in [4.78, 5) is 5.59. The summed E-state index contributed by atoms with van der Waals surface area (Å²) >= 11 is 0. The van der Waals surface area contributed by atoms with Crippen LogP contribution in [0.1, 0.15) is 24.1 Å². The van der Waals surface area contributed by atoms with Crippen molar-refractivity contribution in [2.24, 2.45) is 0 Å². The molecule has 21 heavy (non-hydrogen) atoms. The van der Waals surface area contributed by atoms with Crippen molar-refractivity contribution in [2.75, 3.05) is 31.2 Å². The number of anilines is 1. The van der Waals surface area contributed by atoms with Gasteiger partial charge in [-0.2, -0.15) is 13.2 Å². The fourth-order valence-corrected chi connectivity index (χ4v) is 2.91. The van der Waals surface area contributed by atoms with Gasteiger partial charge in [-0.15, -0.1) is 0 Å². The van der Waals surface area contributed by atoms with E-state index in [0.29, 0.717) is 44.7 Å². The number of halogens is 3. The molecule has 0 aliphatic carbocycles. The van der Waals surface area contributed by atoms with E-state index in [-0.39, 0.29) is 0 Å². The molecule has 2 aliphatic heterocycles. The smallest absolute Gasteiger partial charge is 0.370 e. The predicted molar refractivity (Wildman–Crippen MR) is 70.1 cm³/mol. The Morgan fingerprint density at radius 2 is 1.81 bits per heavy atom. The average Bonchev–Trinajstić information content (AvgIpc) is 2.87. The number of piperidine rings is 1. The fourth-order valence-electron chi connectivity index (χ4n) is 2.91. The quantitative estimate of drug-likeness (QED) is 0.799. The largest absolute Gasteiger partial charge is 0.433 e. The number of pyridine rings is 1. The van der Waals surface area contributed by atoms with E-state index in [1.54, 1.807) is 6.92 Å². The first-order valence-corrected chi connectivity index (χ1v) is 6.96. The van der Waals surface area contributed by atoms with Crippen molar-refractivity contribution in [1.82, 2.24) is 4.98 Å². The third-order valence-corrected chi connectivity index (χ3v) is 4.05. The van der Waals surface area contributed by atoms with E-state index in [0.717, 1.165) is 11.8 Å². The topological polar surface area (TPSA) is 34.6 Å². The fraction of sp³-hybridized carbons (Fsp3) is 0.643. The molecule has 0 radical (unpaired) electrons. The van der Waals surface area contributed by atoms with Gasteiger partial charge in [0.2, 0.25) is 0 Å². The maximum absolute atomic E-state index is 12.6. The van der Waals surface area contributed by atoms with Gasteiger partial charge >= 0.3 is 6.18 Å². The number of aromatic nitrogens is 1. The van der Waals surface area contributed by atoms with Crippen molar-refractivity contribution in [2.45, 2.75) is 31.7 Å². The first kappa shape index (κ1) is 14.6. The number of hydrogen-bond acceptors (Lipinski definition) is 4. The molecule has 0 amide bonds. The van der Waals surface area contributed by atoms with Crippen LogP contribution in [0.4, 0.5) is 18.9 Å². The molecule has 1 aromatic heterocycles. The Morgan fingerprint density at radius 3 is 2.33 bits per heavy atom. The highest BCUT2D eigenvalue weighted by molar-refractivity contribution is 5.52. The molecule has 3 heterocycles. The number of aryl methyl sites for hydroxylation is 1. The van der Waals surface area contributed by atoms with Crippen LogP contribution >= 0.6 is 0 Å². The molecule has 2 aliphatic rings. The number of nitrogens with zero attached hydrogens (tertiary/aromatic N) is 2. The molecule has 0 atom stereocenters. The second-order valence-electron chi connectivity index (χ2n) is 5.45. The third-order valence-electron chi connectivity index (χ3n) is 4.05. The summed E-state index contributed by atoms with van der Waals surface area (Å²) in [6, 6.07) is 1.10. The van der Waals surface area contributed by atoms with E-state index in [2.05, 4.69) is 4.98 Å². The second kappa shape index (κ2) is 5.14. The molecule has 7 heteroatoms. The van der Waals surface area contributed by atoms with E-state index >= 15 is 0 Å². The van der Waals surface area contributed by atoms with Gasteiger partial charge in [0.25, 0.3) is 0 Å². The van der Waals surface area contributed by atoms with Gasteiger partial charge in [0.05, 0.1) is 25.1 Å². The monoisotopic (exact) mass is 302 g/mol.